The third kappa shape index (κ3) is 5.00. The largest absolute Gasteiger partial charge is 0.478 e. The molecule has 4 rings (SSSR count). The van der Waals surface area contributed by atoms with E-state index in [-0.39, 0.29) is 6.54 Å². The topological polar surface area (TPSA) is 51.5 Å². The van der Waals surface area contributed by atoms with Crippen LogP contribution in [0.15, 0.2) is 66.7 Å². The number of carboxylic acids is 1. The summed E-state index contributed by atoms with van der Waals surface area (Å²) in [6.45, 7) is 5.03. The zero-order chi connectivity index (χ0) is 25.5. The van der Waals surface area contributed by atoms with Crippen LogP contribution in [-0.4, -0.2) is 21.2 Å². The highest BCUT2D eigenvalue weighted by Gasteiger charge is 2.32. The molecule has 0 atom stereocenters. The Labute approximate surface area is 205 Å². The van der Waals surface area contributed by atoms with Crippen LogP contribution in [0.4, 0.5) is 13.2 Å². The fourth-order valence-corrected chi connectivity index (χ4v) is 4.19. The first-order valence-electron chi connectivity index (χ1n) is 10.8. The second-order valence-electron chi connectivity index (χ2n) is 8.85. The molecular weight excluding hydrogens is 479 g/mol. The number of fused-ring (bicyclic) bond motifs is 1. The molecule has 3 aromatic carbocycles. The highest BCUT2D eigenvalue weighted by Crippen LogP contribution is 2.39. The van der Waals surface area contributed by atoms with E-state index >= 15 is 0 Å². The van der Waals surface area contributed by atoms with Crippen molar-refractivity contribution < 1.29 is 27.8 Å². The second-order valence-corrected chi connectivity index (χ2v) is 9.28. The van der Waals surface area contributed by atoms with Crippen LogP contribution >= 0.6 is 11.6 Å². The molecule has 4 nitrogen and oxygen atoms in total. The minimum Gasteiger partial charge on any atom is -0.478 e. The molecule has 0 radical (unpaired) electrons. The van der Waals surface area contributed by atoms with Crippen LogP contribution in [0.1, 0.15) is 30.7 Å². The summed E-state index contributed by atoms with van der Waals surface area (Å²) in [6.07, 6.45) is -4.48. The zero-order valence-electron chi connectivity index (χ0n) is 19.3. The normalized spacial score (nSPS) is 12.2. The van der Waals surface area contributed by atoms with Crippen LogP contribution in [0.25, 0.3) is 22.0 Å². The lowest BCUT2D eigenvalue weighted by atomic mass is 10.0. The molecule has 1 N–H and O–H groups in total. The maximum Gasteiger partial charge on any atom is 0.416 e. The van der Waals surface area contributed by atoms with Gasteiger partial charge in [0, 0.05) is 33.7 Å². The van der Waals surface area contributed by atoms with E-state index < -0.39 is 23.3 Å². The molecule has 1 aromatic heterocycles. The summed E-state index contributed by atoms with van der Waals surface area (Å²) in [5.74, 6) is -0.750. The van der Waals surface area contributed by atoms with Gasteiger partial charge in [-0.3, -0.25) is 0 Å². The number of halogens is 4. The average molecular weight is 502 g/mol. The molecule has 182 valence electrons. The summed E-state index contributed by atoms with van der Waals surface area (Å²) < 4.78 is 48.1. The highest BCUT2D eigenvalue weighted by atomic mass is 35.5. The van der Waals surface area contributed by atoms with E-state index in [0.29, 0.717) is 21.7 Å². The Kier molecular flexibility index (Phi) is 6.32. The van der Waals surface area contributed by atoms with Gasteiger partial charge in [-0.15, -0.1) is 0 Å². The molecular formula is C27H23ClF3NO3. The zero-order valence-corrected chi connectivity index (χ0v) is 20.0. The Balaban J connectivity index is 1.84. The van der Waals surface area contributed by atoms with Gasteiger partial charge in [0.15, 0.2) is 5.60 Å². The third-order valence-electron chi connectivity index (χ3n) is 5.91. The molecule has 1 heterocycles. The van der Waals surface area contributed by atoms with E-state index in [1.807, 2.05) is 29.7 Å². The van der Waals surface area contributed by atoms with Gasteiger partial charge in [-0.05, 0) is 68.3 Å². The van der Waals surface area contributed by atoms with Gasteiger partial charge >= 0.3 is 12.1 Å². The van der Waals surface area contributed by atoms with Crippen molar-refractivity contribution >= 4 is 28.5 Å². The number of rotatable bonds is 6. The van der Waals surface area contributed by atoms with E-state index in [4.69, 9.17) is 16.3 Å². The third-order valence-corrected chi connectivity index (χ3v) is 6.16. The lowest BCUT2D eigenvalue weighted by molar-refractivity contribution is -0.152. The molecule has 0 amide bonds. The maximum absolute atomic E-state index is 13.5. The summed E-state index contributed by atoms with van der Waals surface area (Å²) in [4.78, 5) is 11.4. The molecule has 0 saturated heterocycles. The molecule has 0 bridgehead atoms. The Hall–Kier alpha value is -3.45. The first kappa shape index (κ1) is 24.7. The van der Waals surface area contributed by atoms with Crippen molar-refractivity contribution in [1.82, 2.24) is 4.57 Å². The van der Waals surface area contributed by atoms with Crippen molar-refractivity contribution in [2.24, 2.45) is 0 Å². The van der Waals surface area contributed by atoms with Gasteiger partial charge in [-0.1, -0.05) is 41.9 Å². The quantitative estimate of drug-likeness (QED) is 0.296. The summed E-state index contributed by atoms with van der Waals surface area (Å²) in [5, 5.41) is 10.6. The lowest BCUT2D eigenvalue weighted by Crippen LogP contribution is -2.37. The van der Waals surface area contributed by atoms with Gasteiger partial charge in [0.25, 0.3) is 0 Å². The van der Waals surface area contributed by atoms with Crippen LogP contribution in [0, 0.1) is 6.92 Å². The molecule has 0 aliphatic heterocycles. The number of aliphatic carboxylic acids is 1. The summed E-state index contributed by atoms with van der Waals surface area (Å²) in [6, 6.07) is 17.8. The van der Waals surface area contributed by atoms with Crippen LogP contribution in [0.2, 0.25) is 5.02 Å². The lowest BCUT2D eigenvalue weighted by Gasteiger charge is -2.22. The van der Waals surface area contributed by atoms with E-state index in [2.05, 4.69) is 0 Å². The molecule has 0 fully saturated rings. The van der Waals surface area contributed by atoms with E-state index in [0.717, 1.165) is 34.5 Å². The number of hydrogen-bond acceptors (Lipinski definition) is 2. The second kappa shape index (κ2) is 8.96. The van der Waals surface area contributed by atoms with Crippen LogP contribution < -0.4 is 4.74 Å². The number of benzene rings is 3. The number of carbonyl (C=O) groups is 1. The van der Waals surface area contributed by atoms with Crippen molar-refractivity contribution in [3.05, 3.63) is 88.6 Å². The fraction of sp³-hybridized carbons (Fsp3) is 0.222. The van der Waals surface area contributed by atoms with E-state index in [1.165, 1.54) is 19.9 Å². The molecule has 0 saturated carbocycles. The predicted molar refractivity (Wildman–Crippen MR) is 130 cm³/mol. The van der Waals surface area contributed by atoms with E-state index in [1.54, 1.807) is 30.3 Å². The minimum absolute atomic E-state index is 0.266. The molecule has 0 spiro atoms. The molecule has 0 unspecified atom stereocenters. The summed E-state index contributed by atoms with van der Waals surface area (Å²) in [5.41, 5.74) is 1.49. The number of aromatic nitrogens is 1. The average Bonchev–Trinajstić information content (AvgIpc) is 3.04. The monoisotopic (exact) mass is 501 g/mol. The van der Waals surface area contributed by atoms with Crippen molar-refractivity contribution in [3.8, 4) is 16.9 Å². The molecule has 8 heteroatoms. The van der Waals surface area contributed by atoms with Gasteiger partial charge in [-0.25, -0.2) is 4.79 Å². The first-order chi connectivity index (χ1) is 16.4. The Morgan fingerprint density at radius 2 is 1.71 bits per heavy atom. The van der Waals surface area contributed by atoms with Crippen LogP contribution in [0.3, 0.4) is 0 Å². The highest BCUT2D eigenvalue weighted by molar-refractivity contribution is 6.30. The predicted octanol–water partition coefficient (Wildman–Crippen LogP) is 7.58. The molecule has 35 heavy (non-hydrogen) atoms. The van der Waals surface area contributed by atoms with Crippen molar-refractivity contribution in [2.45, 2.75) is 39.1 Å². The number of hydrogen-bond donors (Lipinski definition) is 1. The van der Waals surface area contributed by atoms with Gasteiger partial charge in [-0.2, -0.15) is 13.2 Å². The number of carboxylic acid groups (broad SMARTS) is 1. The minimum atomic E-state index is -4.48. The number of nitrogens with zero attached hydrogens (tertiary/aromatic N) is 1. The van der Waals surface area contributed by atoms with Crippen LogP contribution in [0.5, 0.6) is 5.75 Å². The SMILES string of the molecule is Cc1c(-c2ccc(Cl)cc2)c2ccc(C(F)(F)F)cc2n1Cc1cccc(OC(C)(C)C(=O)O)c1. The molecule has 4 aromatic rings. The number of ether oxygens (including phenoxy) is 1. The van der Waals surface area contributed by atoms with Crippen molar-refractivity contribution in [3.63, 3.8) is 0 Å². The standard InChI is InChI=1S/C27H23ClF3NO3/c1-16-24(18-7-10-20(28)11-8-18)22-12-9-19(27(29,30)31)14-23(22)32(16)15-17-5-4-6-21(13-17)35-26(2,3)25(33)34/h4-14H,15H2,1-3H3,(H,33,34). The van der Waals surface area contributed by atoms with Gasteiger partial charge < -0.3 is 14.4 Å². The summed E-state index contributed by atoms with van der Waals surface area (Å²) in [7, 11) is 0. The smallest absolute Gasteiger partial charge is 0.416 e. The first-order valence-corrected chi connectivity index (χ1v) is 11.2. The van der Waals surface area contributed by atoms with Gasteiger partial charge in [0.1, 0.15) is 5.75 Å². The van der Waals surface area contributed by atoms with Crippen molar-refractivity contribution in [1.29, 1.82) is 0 Å². The maximum atomic E-state index is 13.5. The fourth-order valence-electron chi connectivity index (χ4n) is 4.07. The Morgan fingerprint density at radius 1 is 1.03 bits per heavy atom. The number of alkyl halides is 3. The Bertz CT molecular complexity index is 1410. The summed E-state index contributed by atoms with van der Waals surface area (Å²) >= 11 is 6.04. The van der Waals surface area contributed by atoms with Crippen LogP contribution in [-0.2, 0) is 17.5 Å². The van der Waals surface area contributed by atoms with Gasteiger partial charge in [0.05, 0.1) is 5.56 Å². The van der Waals surface area contributed by atoms with Crippen molar-refractivity contribution in [2.75, 3.05) is 0 Å². The molecule has 0 aliphatic rings. The molecule has 0 aliphatic carbocycles. The van der Waals surface area contributed by atoms with E-state index in [9.17, 15) is 23.1 Å². The van der Waals surface area contributed by atoms with Gasteiger partial charge in [0.2, 0.25) is 0 Å². The Morgan fingerprint density at radius 3 is 2.34 bits per heavy atom.